The van der Waals surface area contributed by atoms with Crippen LogP contribution in [0.1, 0.15) is 11.1 Å². The highest BCUT2D eigenvalue weighted by Crippen LogP contribution is 2.34. The molecule has 0 fully saturated rings. The normalized spacial score (nSPS) is 10.4. The monoisotopic (exact) mass is 359 g/mol. The molecule has 0 aliphatic rings. The summed E-state index contributed by atoms with van der Waals surface area (Å²) in [5.74, 6) is 2.88. The molecule has 25 heavy (non-hydrogen) atoms. The predicted molar refractivity (Wildman–Crippen MR) is 107 cm³/mol. The maximum Gasteiger partial charge on any atom is 0.191 e. The van der Waals surface area contributed by atoms with Crippen LogP contribution in [0.4, 0.5) is 17.3 Å². The number of ether oxygens (including phenoxy) is 1. The number of nitrogen functional groups attached to an aromatic ring is 1. The first-order valence-corrected chi connectivity index (χ1v) is 8.79. The molecule has 0 aliphatic heterocycles. The van der Waals surface area contributed by atoms with Gasteiger partial charge in [0.05, 0.1) is 7.11 Å². The average Bonchev–Trinajstić information content (AvgIpc) is 2.59. The number of nitrogens with zero attached hydrogens (tertiary/aromatic N) is 4. The minimum absolute atomic E-state index is 0.544. The van der Waals surface area contributed by atoms with Gasteiger partial charge in [-0.05, 0) is 17.7 Å². The number of benzene rings is 1. The summed E-state index contributed by atoms with van der Waals surface area (Å²) in [5, 5.41) is 0.705. The van der Waals surface area contributed by atoms with Crippen molar-refractivity contribution in [2.45, 2.75) is 10.9 Å². The fourth-order valence-electron chi connectivity index (χ4n) is 2.24. The number of aromatic nitrogens is 2. The van der Waals surface area contributed by atoms with Crippen LogP contribution in [0.2, 0.25) is 0 Å². The third-order valence-electron chi connectivity index (χ3n) is 3.57. The highest BCUT2D eigenvalue weighted by atomic mass is 32.2. The van der Waals surface area contributed by atoms with E-state index in [-0.39, 0.29) is 0 Å². The van der Waals surface area contributed by atoms with Crippen LogP contribution < -0.4 is 15.5 Å². The summed E-state index contributed by atoms with van der Waals surface area (Å²) in [5.41, 5.74) is 8.47. The molecule has 0 spiro atoms. The van der Waals surface area contributed by atoms with Gasteiger partial charge in [-0.15, -0.1) is 0 Å². The Hall–Kier alpha value is -2.41. The van der Waals surface area contributed by atoms with Crippen LogP contribution in [0.3, 0.4) is 0 Å². The zero-order chi connectivity index (χ0) is 18.6. The minimum Gasteiger partial charge on any atom is -0.496 e. The fraction of sp³-hybridized carbons (Fsp3) is 0.333. The summed E-state index contributed by atoms with van der Waals surface area (Å²) < 4.78 is 5.35. The number of rotatable bonds is 7. The molecule has 1 heterocycles. The van der Waals surface area contributed by atoms with E-state index in [0.717, 1.165) is 28.6 Å². The topological polar surface area (TPSA) is 67.5 Å². The molecule has 0 saturated carbocycles. The van der Waals surface area contributed by atoms with Gasteiger partial charge in [0.15, 0.2) is 5.16 Å². The highest BCUT2D eigenvalue weighted by molar-refractivity contribution is 7.98. The molecular weight excluding hydrogens is 334 g/mol. The molecule has 1 aromatic heterocycles. The van der Waals surface area contributed by atoms with E-state index in [1.165, 1.54) is 5.56 Å². The molecule has 0 atom stereocenters. The fourth-order valence-corrected chi connectivity index (χ4v) is 3.03. The SMILES string of the molecule is C=C(OC)c1c(N(C)C)nc(SCc2ccc(N)cc2)nc1N(C)C. The first kappa shape index (κ1) is 18.9. The lowest BCUT2D eigenvalue weighted by molar-refractivity contribution is 0.371. The van der Waals surface area contributed by atoms with Gasteiger partial charge in [0.25, 0.3) is 0 Å². The van der Waals surface area contributed by atoms with Crippen molar-refractivity contribution in [1.29, 1.82) is 0 Å². The Bertz CT molecular complexity index is 715. The predicted octanol–water partition coefficient (Wildman–Crippen LogP) is 3.10. The van der Waals surface area contributed by atoms with E-state index < -0.39 is 0 Å². The summed E-state index contributed by atoms with van der Waals surface area (Å²) in [6.07, 6.45) is 0. The Morgan fingerprint density at radius 1 is 1.08 bits per heavy atom. The Morgan fingerprint density at radius 2 is 1.60 bits per heavy atom. The molecule has 0 saturated heterocycles. The van der Waals surface area contributed by atoms with E-state index >= 15 is 0 Å². The Balaban J connectivity index is 2.38. The molecule has 0 radical (unpaired) electrons. The zero-order valence-electron chi connectivity index (χ0n) is 15.4. The minimum atomic E-state index is 0.544. The second-order valence-electron chi connectivity index (χ2n) is 5.97. The van der Waals surface area contributed by atoms with Crippen molar-refractivity contribution < 1.29 is 4.74 Å². The first-order chi connectivity index (χ1) is 11.8. The van der Waals surface area contributed by atoms with Crippen LogP contribution in [0, 0.1) is 0 Å². The standard InChI is InChI=1S/C18H25N5OS/c1-12(24-6)15-16(22(2)3)20-18(21-17(15)23(4)5)25-11-13-7-9-14(19)10-8-13/h7-10H,1,11,19H2,2-6H3. The second-order valence-corrected chi connectivity index (χ2v) is 6.92. The molecule has 0 bridgehead atoms. The van der Waals surface area contributed by atoms with E-state index in [0.29, 0.717) is 10.9 Å². The van der Waals surface area contributed by atoms with Crippen LogP contribution in [0.5, 0.6) is 0 Å². The van der Waals surface area contributed by atoms with Crippen molar-refractivity contribution in [2.24, 2.45) is 0 Å². The van der Waals surface area contributed by atoms with Crippen molar-refractivity contribution in [3.8, 4) is 0 Å². The van der Waals surface area contributed by atoms with Gasteiger partial charge in [-0.25, -0.2) is 9.97 Å². The van der Waals surface area contributed by atoms with Crippen molar-refractivity contribution in [1.82, 2.24) is 9.97 Å². The summed E-state index contributed by atoms with van der Waals surface area (Å²) in [4.78, 5) is 13.3. The van der Waals surface area contributed by atoms with E-state index in [9.17, 15) is 0 Å². The number of nitrogens with two attached hydrogens (primary N) is 1. The third-order valence-corrected chi connectivity index (χ3v) is 4.49. The molecule has 2 N–H and O–H groups in total. The number of hydrogen-bond donors (Lipinski definition) is 1. The van der Waals surface area contributed by atoms with E-state index in [1.807, 2.05) is 62.3 Å². The van der Waals surface area contributed by atoms with Crippen LogP contribution in [0.25, 0.3) is 5.76 Å². The van der Waals surface area contributed by atoms with Gasteiger partial charge in [-0.1, -0.05) is 30.5 Å². The number of methoxy groups -OCH3 is 1. The summed E-state index contributed by atoms with van der Waals surface area (Å²) in [7, 11) is 9.39. The van der Waals surface area contributed by atoms with Gasteiger partial charge in [-0.2, -0.15) is 0 Å². The lowest BCUT2D eigenvalue weighted by Crippen LogP contribution is -2.20. The van der Waals surface area contributed by atoms with Gasteiger partial charge in [0.2, 0.25) is 0 Å². The van der Waals surface area contributed by atoms with Gasteiger partial charge in [0, 0.05) is 39.6 Å². The van der Waals surface area contributed by atoms with Gasteiger partial charge < -0.3 is 20.3 Å². The van der Waals surface area contributed by atoms with Crippen molar-refractivity contribution >= 4 is 34.8 Å². The maximum absolute atomic E-state index is 5.74. The van der Waals surface area contributed by atoms with Gasteiger partial charge >= 0.3 is 0 Å². The highest BCUT2D eigenvalue weighted by Gasteiger charge is 2.20. The van der Waals surface area contributed by atoms with Crippen LogP contribution >= 0.6 is 11.8 Å². The molecule has 0 amide bonds. The molecule has 6 nitrogen and oxygen atoms in total. The molecular formula is C18H25N5OS. The second kappa shape index (κ2) is 8.11. The number of hydrogen-bond acceptors (Lipinski definition) is 7. The van der Waals surface area contributed by atoms with Crippen LogP contribution in [0.15, 0.2) is 36.0 Å². The van der Waals surface area contributed by atoms with E-state index in [4.69, 9.17) is 20.4 Å². The zero-order valence-corrected chi connectivity index (χ0v) is 16.2. The lowest BCUT2D eigenvalue weighted by Gasteiger charge is -2.23. The molecule has 2 rings (SSSR count). The Morgan fingerprint density at radius 3 is 2.04 bits per heavy atom. The van der Waals surface area contributed by atoms with Crippen molar-refractivity contribution in [3.63, 3.8) is 0 Å². The Kier molecular flexibility index (Phi) is 6.14. The van der Waals surface area contributed by atoms with Crippen molar-refractivity contribution in [2.75, 3.05) is 50.8 Å². The summed E-state index contributed by atoms with van der Waals surface area (Å²) in [6, 6.07) is 7.84. The summed E-state index contributed by atoms with van der Waals surface area (Å²) >= 11 is 1.58. The molecule has 134 valence electrons. The average molecular weight is 359 g/mol. The van der Waals surface area contributed by atoms with Crippen LogP contribution in [-0.2, 0) is 10.5 Å². The molecule has 2 aromatic rings. The van der Waals surface area contributed by atoms with Gasteiger partial charge in [0.1, 0.15) is 23.0 Å². The number of thioether (sulfide) groups is 1. The molecule has 1 aromatic carbocycles. The van der Waals surface area contributed by atoms with E-state index in [1.54, 1.807) is 18.9 Å². The molecule has 0 aliphatic carbocycles. The van der Waals surface area contributed by atoms with Gasteiger partial charge in [-0.3, -0.25) is 0 Å². The summed E-state index contributed by atoms with van der Waals surface area (Å²) in [6.45, 7) is 3.99. The van der Waals surface area contributed by atoms with Crippen LogP contribution in [-0.4, -0.2) is 45.3 Å². The van der Waals surface area contributed by atoms with E-state index in [2.05, 4.69) is 6.58 Å². The number of anilines is 3. The maximum atomic E-state index is 5.74. The molecule has 0 unspecified atom stereocenters. The first-order valence-electron chi connectivity index (χ1n) is 7.80. The largest absolute Gasteiger partial charge is 0.496 e. The third kappa shape index (κ3) is 4.57. The quantitative estimate of drug-likeness (QED) is 0.353. The molecule has 7 heteroatoms. The van der Waals surface area contributed by atoms with Crippen molar-refractivity contribution in [3.05, 3.63) is 42.0 Å². The smallest absolute Gasteiger partial charge is 0.191 e. The lowest BCUT2D eigenvalue weighted by atomic mass is 10.2. The Labute approximate surface area is 153 Å².